The van der Waals surface area contributed by atoms with Gasteiger partial charge in [-0.05, 0) is 43.4 Å². The van der Waals surface area contributed by atoms with Crippen molar-refractivity contribution in [3.05, 3.63) is 33.8 Å². The number of halogens is 1. The van der Waals surface area contributed by atoms with Crippen molar-refractivity contribution < 1.29 is 14.7 Å². The number of carbonyl (C=O) groups excluding carboxylic acids is 1. The third-order valence-electron chi connectivity index (χ3n) is 3.69. The van der Waals surface area contributed by atoms with Crippen LogP contribution in [0.2, 0.25) is 0 Å². The molecule has 0 aliphatic carbocycles. The zero-order valence-corrected chi connectivity index (χ0v) is 14.1. The molecule has 0 heterocycles. The molecule has 0 aliphatic heterocycles. The van der Waals surface area contributed by atoms with E-state index in [-0.39, 0.29) is 12.3 Å². The fourth-order valence-electron chi connectivity index (χ4n) is 2.22. The van der Waals surface area contributed by atoms with Gasteiger partial charge in [-0.1, -0.05) is 35.3 Å². The molecule has 1 unspecified atom stereocenters. The van der Waals surface area contributed by atoms with Gasteiger partial charge in [0.15, 0.2) is 0 Å². The molecule has 0 aliphatic rings. The van der Waals surface area contributed by atoms with E-state index in [1.54, 1.807) is 6.07 Å². The topological polar surface area (TPSA) is 66.4 Å². The molecule has 0 spiro atoms. The minimum Gasteiger partial charge on any atom is -0.481 e. The van der Waals surface area contributed by atoms with Gasteiger partial charge in [0.1, 0.15) is 0 Å². The number of carboxylic acids is 1. The van der Waals surface area contributed by atoms with Crippen LogP contribution in [0.3, 0.4) is 0 Å². The van der Waals surface area contributed by atoms with Crippen LogP contribution in [0.1, 0.15) is 48.5 Å². The number of hydrogen-bond acceptors (Lipinski definition) is 2. The Morgan fingerprint density at radius 2 is 2.05 bits per heavy atom. The molecule has 0 aromatic heterocycles. The summed E-state index contributed by atoms with van der Waals surface area (Å²) >= 11 is 3.42. The number of hydrogen-bond donors (Lipinski definition) is 2. The first kappa shape index (κ1) is 17.7. The number of nitrogens with one attached hydrogen (secondary N) is 1. The fourth-order valence-corrected chi connectivity index (χ4v) is 2.58. The van der Waals surface area contributed by atoms with E-state index >= 15 is 0 Å². The molecular formula is C16H22BrNO3. The summed E-state index contributed by atoms with van der Waals surface area (Å²) in [7, 11) is 0. The Kier molecular flexibility index (Phi) is 7.43. The SMILES string of the molecule is CCC(CCNC(=O)c1cccc(Br)c1C)CCC(=O)O. The van der Waals surface area contributed by atoms with Crippen molar-refractivity contribution in [2.45, 2.75) is 39.5 Å². The largest absolute Gasteiger partial charge is 0.481 e. The third kappa shape index (κ3) is 5.87. The molecule has 1 amide bonds. The van der Waals surface area contributed by atoms with E-state index in [1.165, 1.54) is 0 Å². The molecule has 0 bridgehead atoms. The Morgan fingerprint density at radius 3 is 2.67 bits per heavy atom. The van der Waals surface area contributed by atoms with E-state index in [9.17, 15) is 9.59 Å². The monoisotopic (exact) mass is 355 g/mol. The van der Waals surface area contributed by atoms with E-state index in [0.717, 1.165) is 22.9 Å². The van der Waals surface area contributed by atoms with Gasteiger partial charge in [-0.25, -0.2) is 0 Å². The number of carboxylic acid groups (broad SMARTS) is 1. The summed E-state index contributed by atoms with van der Waals surface area (Å²) in [6, 6.07) is 5.55. The van der Waals surface area contributed by atoms with Crippen LogP contribution >= 0.6 is 15.9 Å². The van der Waals surface area contributed by atoms with Crippen molar-refractivity contribution in [3.63, 3.8) is 0 Å². The average Bonchev–Trinajstić information content (AvgIpc) is 2.45. The molecule has 0 saturated carbocycles. The summed E-state index contributed by atoms with van der Waals surface area (Å²) in [4.78, 5) is 22.7. The van der Waals surface area contributed by atoms with Crippen LogP contribution in [0.4, 0.5) is 0 Å². The van der Waals surface area contributed by atoms with Gasteiger partial charge < -0.3 is 10.4 Å². The van der Waals surface area contributed by atoms with Gasteiger partial charge in [-0.15, -0.1) is 0 Å². The normalized spacial score (nSPS) is 12.0. The second-order valence-corrected chi connectivity index (χ2v) is 6.02. The first-order valence-corrected chi connectivity index (χ1v) is 8.00. The highest BCUT2D eigenvalue weighted by Gasteiger charge is 2.12. The van der Waals surface area contributed by atoms with Gasteiger partial charge in [0.25, 0.3) is 5.91 Å². The van der Waals surface area contributed by atoms with E-state index in [1.807, 2.05) is 26.0 Å². The lowest BCUT2D eigenvalue weighted by molar-refractivity contribution is -0.137. The van der Waals surface area contributed by atoms with Crippen LogP contribution in [0, 0.1) is 12.8 Å². The van der Waals surface area contributed by atoms with E-state index < -0.39 is 5.97 Å². The van der Waals surface area contributed by atoms with Crippen molar-refractivity contribution in [1.82, 2.24) is 5.32 Å². The molecule has 21 heavy (non-hydrogen) atoms. The van der Waals surface area contributed by atoms with E-state index in [4.69, 9.17) is 5.11 Å². The number of rotatable bonds is 8. The summed E-state index contributed by atoms with van der Waals surface area (Å²) in [6.07, 6.45) is 2.59. The van der Waals surface area contributed by atoms with Crippen LogP contribution in [0.25, 0.3) is 0 Å². The molecule has 1 aromatic rings. The van der Waals surface area contributed by atoms with E-state index in [2.05, 4.69) is 21.2 Å². The lowest BCUT2D eigenvalue weighted by Gasteiger charge is -2.14. The summed E-state index contributed by atoms with van der Waals surface area (Å²) < 4.78 is 0.919. The van der Waals surface area contributed by atoms with E-state index in [0.29, 0.717) is 24.4 Å². The van der Waals surface area contributed by atoms with Crippen molar-refractivity contribution in [1.29, 1.82) is 0 Å². The van der Waals surface area contributed by atoms with Crippen molar-refractivity contribution in [2.24, 2.45) is 5.92 Å². The Morgan fingerprint density at radius 1 is 1.33 bits per heavy atom. The number of carbonyl (C=O) groups is 2. The number of aliphatic carboxylic acids is 1. The maximum absolute atomic E-state index is 12.1. The predicted molar refractivity (Wildman–Crippen MR) is 86.5 cm³/mol. The van der Waals surface area contributed by atoms with Gasteiger partial charge >= 0.3 is 5.97 Å². The fraction of sp³-hybridized carbons (Fsp3) is 0.500. The molecule has 2 N–H and O–H groups in total. The molecule has 5 heteroatoms. The van der Waals surface area contributed by atoms with Gasteiger partial charge in [0, 0.05) is 23.0 Å². The van der Waals surface area contributed by atoms with Gasteiger partial charge in [-0.2, -0.15) is 0 Å². The first-order valence-electron chi connectivity index (χ1n) is 7.20. The van der Waals surface area contributed by atoms with Crippen molar-refractivity contribution in [2.75, 3.05) is 6.54 Å². The van der Waals surface area contributed by atoms with Gasteiger partial charge in [0.05, 0.1) is 0 Å². The molecule has 4 nitrogen and oxygen atoms in total. The zero-order valence-electron chi connectivity index (χ0n) is 12.5. The Balaban J connectivity index is 2.45. The Hall–Kier alpha value is -1.36. The molecule has 0 radical (unpaired) electrons. The molecular weight excluding hydrogens is 334 g/mol. The summed E-state index contributed by atoms with van der Waals surface area (Å²) in [5.74, 6) is -0.505. The standard InChI is InChI=1S/C16H22BrNO3/c1-3-12(7-8-15(19)20)9-10-18-16(21)13-5-4-6-14(17)11(13)2/h4-6,12H,3,7-10H2,1-2H3,(H,18,21)(H,19,20). The molecule has 1 aromatic carbocycles. The molecule has 1 rings (SSSR count). The second kappa shape index (κ2) is 8.82. The second-order valence-electron chi connectivity index (χ2n) is 5.16. The van der Waals surface area contributed by atoms with Crippen LogP contribution < -0.4 is 5.32 Å². The van der Waals surface area contributed by atoms with Crippen LogP contribution in [-0.4, -0.2) is 23.5 Å². The summed E-state index contributed by atoms with van der Waals surface area (Å²) in [5, 5.41) is 11.6. The van der Waals surface area contributed by atoms with Crippen LogP contribution in [0.15, 0.2) is 22.7 Å². The van der Waals surface area contributed by atoms with Gasteiger partial charge in [0.2, 0.25) is 0 Å². The highest BCUT2D eigenvalue weighted by molar-refractivity contribution is 9.10. The Labute approximate surface area is 134 Å². The molecule has 0 saturated heterocycles. The summed E-state index contributed by atoms with van der Waals surface area (Å²) in [6.45, 7) is 4.52. The first-order chi connectivity index (χ1) is 9.95. The van der Waals surface area contributed by atoms with Gasteiger partial charge in [-0.3, -0.25) is 9.59 Å². The zero-order chi connectivity index (χ0) is 15.8. The smallest absolute Gasteiger partial charge is 0.303 e. The lowest BCUT2D eigenvalue weighted by atomic mass is 9.96. The highest BCUT2D eigenvalue weighted by Crippen LogP contribution is 2.19. The lowest BCUT2D eigenvalue weighted by Crippen LogP contribution is -2.26. The van der Waals surface area contributed by atoms with Crippen LogP contribution in [0.5, 0.6) is 0 Å². The minimum atomic E-state index is -0.762. The summed E-state index contributed by atoms with van der Waals surface area (Å²) in [5.41, 5.74) is 1.59. The molecule has 1 atom stereocenters. The third-order valence-corrected chi connectivity index (χ3v) is 4.55. The van der Waals surface area contributed by atoms with Crippen LogP contribution in [-0.2, 0) is 4.79 Å². The molecule has 116 valence electrons. The number of benzene rings is 1. The quantitative estimate of drug-likeness (QED) is 0.745. The Bertz CT molecular complexity index is 502. The minimum absolute atomic E-state index is 0.0816. The molecule has 0 fully saturated rings. The average molecular weight is 356 g/mol. The highest BCUT2D eigenvalue weighted by atomic mass is 79.9. The van der Waals surface area contributed by atoms with Crippen molar-refractivity contribution >= 4 is 27.8 Å². The predicted octanol–water partition coefficient (Wildman–Crippen LogP) is 3.77. The number of amides is 1. The maximum Gasteiger partial charge on any atom is 0.303 e. The maximum atomic E-state index is 12.1. The van der Waals surface area contributed by atoms with Crippen molar-refractivity contribution in [3.8, 4) is 0 Å².